The number of ether oxygens (including phenoxy) is 2. The average Bonchev–Trinajstić information content (AvgIpc) is 2.97. The van der Waals surface area contributed by atoms with Crippen LogP contribution in [0.2, 0.25) is 0 Å². The van der Waals surface area contributed by atoms with Crippen LogP contribution in [0.3, 0.4) is 0 Å². The van der Waals surface area contributed by atoms with Gasteiger partial charge in [0.05, 0.1) is 29.7 Å². The SMILES string of the molecule is COc1ccc(S(=O)(=O)N(CC(=O)Nc2ccc(S(=O)(=O)Nc3ccc(Br)cc3)cc2)c2ccccc2)cc1OC. The molecule has 214 valence electrons. The van der Waals surface area contributed by atoms with Crippen molar-refractivity contribution >= 4 is 58.9 Å². The minimum Gasteiger partial charge on any atom is -0.493 e. The lowest BCUT2D eigenvalue weighted by atomic mass is 10.3. The third-order valence-electron chi connectivity index (χ3n) is 5.82. The second-order valence-electron chi connectivity index (χ2n) is 8.55. The molecule has 0 saturated carbocycles. The van der Waals surface area contributed by atoms with E-state index in [0.29, 0.717) is 11.4 Å². The molecule has 41 heavy (non-hydrogen) atoms. The highest BCUT2D eigenvalue weighted by atomic mass is 79.9. The van der Waals surface area contributed by atoms with E-state index in [9.17, 15) is 21.6 Å². The van der Waals surface area contributed by atoms with Crippen molar-refractivity contribution in [1.82, 2.24) is 0 Å². The van der Waals surface area contributed by atoms with Crippen LogP contribution >= 0.6 is 15.9 Å². The number of nitrogens with one attached hydrogen (secondary N) is 2. The Morgan fingerprint density at radius 3 is 1.95 bits per heavy atom. The van der Waals surface area contributed by atoms with Gasteiger partial charge in [0.1, 0.15) is 6.54 Å². The molecule has 0 bridgehead atoms. The van der Waals surface area contributed by atoms with E-state index in [2.05, 4.69) is 26.0 Å². The minimum atomic E-state index is -4.21. The van der Waals surface area contributed by atoms with Crippen LogP contribution < -0.4 is 23.8 Å². The zero-order chi connectivity index (χ0) is 29.6. The van der Waals surface area contributed by atoms with Gasteiger partial charge in [0.15, 0.2) is 11.5 Å². The van der Waals surface area contributed by atoms with Crippen molar-refractivity contribution in [2.45, 2.75) is 9.79 Å². The van der Waals surface area contributed by atoms with Crippen LogP contribution in [0.4, 0.5) is 17.1 Å². The number of para-hydroxylation sites is 1. The molecule has 10 nitrogen and oxygen atoms in total. The molecule has 0 aromatic heterocycles. The van der Waals surface area contributed by atoms with Crippen molar-refractivity contribution in [3.05, 3.63) is 102 Å². The lowest BCUT2D eigenvalue weighted by Crippen LogP contribution is -2.38. The van der Waals surface area contributed by atoms with Crippen molar-refractivity contribution in [3.8, 4) is 11.5 Å². The lowest BCUT2D eigenvalue weighted by Gasteiger charge is -2.24. The number of benzene rings is 4. The monoisotopic (exact) mass is 659 g/mol. The summed E-state index contributed by atoms with van der Waals surface area (Å²) >= 11 is 3.30. The summed E-state index contributed by atoms with van der Waals surface area (Å²) in [7, 11) is -5.25. The van der Waals surface area contributed by atoms with Crippen LogP contribution in [0.25, 0.3) is 0 Å². The number of anilines is 3. The molecule has 0 aliphatic heterocycles. The molecule has 0 spiro atoms. The zero-order valence-electron chi connectivity index (χ0n) is 21.9. The number of halogens is 1. The Morgan fingerprint density at radius 1 is 0.756 bits per heavy atom. The standard InChI is InChI=1S/C28H26BrN3O7S2/c1-38-26-17-16-25(18-27(26)39-2)41(36,37)32(23-6-4-3-5-7-23)19-28(33)30-21-12-14-24(15-13-21)40(34,35)31-22-10-8-20(29)9-11-22/h3-18,31H,19H2,1-2H3,(H,30,33). The number of carbonyl (C=O) groups is 1. The maximum Gasteiger partial charge on any atom is 0.264 e. The van der Waals surface area contributed by atoms with Crippen LogP contribution in [0, 0.1) is 0 Å². The first-order chi connectivity index (χ1) is 19.5. The van der Waals surface area contributed by atoms with E-state index in [1.165, 1.54) is 56.7 Å². The van der Waals surface area contributed by atoms with Crippen molar-refractivity contribution in [2.75, 3.05) is 35.1 Å². The molecule has 13 heteroatoms. The van der Waals surface area contributed by atoms with E-state index in [4.69, 9.17) is 9.47 Å². The predicted molar refractivity (Wildman–Crippen MR) is 161 cm³/mol. The van der Waals surface area contributed by atoms with E-state index in [1.807, 2.05) is 0 Å². The van der Waals surface area contributed by atoms with Crippen LogP contribution in [0.1, 0.15) is 0 Å². The summed E-state index contributed by atoms with van der Waals surface area (Å²) in [4.78, 5) is 12.9. The molecule has 0 aliphatic rings. The molecular weight excluding hydrogens is 634 g/mol. The molecule has 4 rings (SSSR count). The molecule has 0 aliphatic carbocycles. The topological polar surface area (TPSA) is 131 Å². The van der Waals surface area contributed by atoms with Gasteiger partial charge in [-0.3, -0.25) is 13.8 Å². The van der Waals surface area contributed by atoms with Gasteiger partial charge in [-0.15, -0.1) is 0 Å². The molecule has 1 amide bonds. The number of nitrogens with zero attached hydrogens (tertiary/aromatic N) is 1. The molecule has 0 radical (unpaired) electrons. The van der Waals surface area contributed by atoms with Gasteiger partial charge >= 0.3 is 0 Å². The second-order valence-corrected chi connectivity index (χ2v) is 13.0. The Hall–Kier alpha value is -4.07. The molecule has 0 fully saturated rings. The Bertz CT molecular complexity index is 1730. The van der Waals surface area contributed by atoms with Crippen molar-refractivity contribution in [2.24, 2.45) is 0 Å². The smallest absolute Gasteiger partial charge is 0.264 e. The summed E-state index contributed by atoms with van der Waals surface area (Å²) < 4.78 is 67.6. The zero-order valence-corrected chi connectivity index (χ0v) is 25.2. The third-order valence-corrected chi connectivity index (χ3v) is 9.51. The Labute approximate surface area is 247 Å². The third kappa shape index (κ3) is 7.17. The van der Waals surface area contributed by atoms with Crippen LogP contribution in [-0.4, -0.2) is 43.5 Å². The summed E-state index contributed by atoms with van der Waals surface area (Å²) in [5.74, 6) is -0.0647. The van der Waals surface area contributed by atoms with E-state index in [-0.39, 0.29) is 26.9 Å². The highest BCUT2D eigenvalue weighted by Crippen LogP contribution is 2.32. The highest BCUT2D eigenvalue weighted by molar-refractivity contribution is 9.10. The van der Waals surface area contributed by atoms with Gasteiger partial charge in [-0.25, -0.2) is 16.8 Å². The normalized spacial score (nSPS) is 11.4. The second kappa shape index (κ2) is 12.6. The van der Waals surface area contributed by atoms with Crippen molar-refractivity contribution in [1.29, 1.82) is 0 Å². The number of sulfonamides is 2. The maximum atomic E-state index is 13.7. The maximum absolute atomic E-state index is 13.7. The van der Waals surface area contributed by atoms with Gasteiger partial charge in [0.2, 0.25) is 5.91 Å². The molecule has 4 aromatic rings. The predicted octanol–water partition coefficient (Wildman–Crippen LogP) is 5.10. The van der Waals surface area contributed by atoms with Gasteiger partial charge in [-0.05, 0) is 72.8 Å². The minimum absolute atomic E-state index is 0.0136. The number of hydrogen-bond acceptors (Lipinski definition) is 7. The molecule has 0 atom stereocenters. The van der Waals surface area contributed by atoms with Gasteiger partial charge in [-0.2, -0.15) is 0 Å². The Kier molecular flexibility index (Phi) is 9.21. The first kappa shape index (κ1) is 29.9. The van der Waals surface area contributed by atoms with Crippen molar-refractivity contribution in [3.63, 3.8) is 0 Å². The summed E-state index contributed by atoms with van der Waals surface area (Å²) in [5.41, 5.74) is 0.953. The van der Waals surface area contributed by atoms with Gasteiger partial charge in [-0.1, -0.05) is 34.1 Å². The van der Waals surface area contributed by atoms with Gasteiger partial charge in [0.25, 0.3) is 20.0 Å². The fourth-order valence-corrected chi connectivity index (χ4v) is 6.55. The first-order valence-corrected chi connectivity index (χ1v) is 15.7. The molecule has 0 saturated heterocycles. The molecular formula is C28H26BrN3O7S2. The van der Waals surface area contributed by atoms with E-state index in [1.54, 1.807) is 54.6 Å². The Balaban J connectivity index is 1.54. The molecule has 2 N–H and O–H groups in total. The van der Waals surface area contributed by atoms with E-state index < -0.39 is 32.5 Å². The lowest BCUT2D eigenvalue weighted by molar-refractivity contribution is -0.114. The summed E-state index contributed by atoms with van der Waals surface area (Å²) in [6.45, 7) is -0.550. The fraction of sp³-hybridized carbons (Fsp3) is 0.107. The average molecular weight is 661 g/mol. The summed E-state index contributed by atoms with van der Waals surface area (Å²) in [6, 6.07) is 24.5. The fourth-order valence-electron chi connectivity index (χ4n) is 3.79. The summed E-state index contributed by atoms with van der Waals surface area (Å²) in [5, 5.41) is 2.63. The van der Waals surface area contributed by atoms with Crippen molar-refractivity contribution < 1.29 is 31.1 Å². The molecule has 0 unspecified atom stereocenters. The molecule has 0 heterocycles. The highest BCUT2D eigenvalue weighted by Gasteiger charge is 2.28. The molecule has 4 aromatic carbocycles. The summed E-state index contributed by atoms with van der Waals surface area (Å²) in [6.07, 6.45) is 0. The largest absolute Gasteiger partial charge is 0.493 e. The number of hydrogen-bond donors (Lipinski definition) is 2. The number of carbonyl (C=O) groups excluding carboxylic acids is 1. The van der Waals surface area contributed by atoms with Gasteiger partial charge in [0, 0.05) is 21.9 Å². The van der Waals surface area contributed by atoms with Crippen LogP contribution in [0.5, 0.6) is 11.5 Å². The number of rotatable bonds is 11. The van der Waals surface area contributed by atoms with E-state index in [0.717, 1.165) is 8.78 Å². The van der Waals surface area contributed by atoms with Gasteiger partial charge < -0.3 is 14.8 Å². The van der Waals surface area contributed by atoms with E-state index >= 15 is 0 Å². The number of methoxy groups -OCH3 is 2. The van der Waals surface area contributed by atoms with Crippen LogP contribution in [0.15, 0.2) is 111 Å². The quantitative estimate of drug-likeness (QED) is 0.229. The number of amides is 1. The van der Waals surface area contributed by atoms with Crippen LogP contribution in [-0.2, 0) is 24.8 Å². The Morgan fingerprint density at radius 2 is 1.34 bits per heavy atom. The first-order valence-electron chi connectivity index (χ1n) is 12.0.